The van der Waals surface area contributed by atoms with Crippen molar-refractivity contribution in [1.29, 1.82) is 0 Å². The Labute approximate surface area is 171 Å². The average Bonchev–Trinajstić information content (AvgIpc) is 2.71. The highest BCUT2D eigenvalue weighted by Crippen LogP contribution is 2.14. The molecule has 0 heterocycles. The maximum atomic E-state index is 11.8. The molecule has 0 aromatic heterocycles. The predicted octanol–water partition coefficient (Wildman–Crippen LogP) is 2.68. The lowest BCUT2D eigenvalue weighted by Crippen LogP contribution is -2.48. The van der Waals surface area contributed by atoms with Gasteiger partial charge >= 0.3 is 0 Å². The quantitative estimate of drug-likeness (QED) is 0.199. The molecule has 6 heteroatoms. The summed E-state index contributed by atoms with van der Waals surface area (Å²) < 4.78 is 0. The molecule has 0 saturated carbocycles. The number of hydrogen-bond acceptors (Lipinski definition) is 6. The van der Waals surface area contributed by atoms with Gasteiger partial charge in [0, 0.05) is 6.42 Å². The fourth-order valence-corrected chi connectivity index (χ4v) is 3.19. The van der Waals surface area contributed by atoms with E-state index >= 15 is 0 Å². The topological polar surface area (TPSA) is 118 Å². The van der Waals surface area contributed by atoms with Crippen LogP contribution in [-0.2, 0) is 4.79 Å². The summed E-state index contributed by atoms with van der Waals surface area (Å²) in [6.45, 7) is 1.48. The molecule has 1 radical (unpaired) electrons. The van der Waals surface area contributed by atoms with Crippen molar-refractivity contribution >= 4 is 5.78 Å². The van der Waals surface area contributed by atoms with Gasteiger partial charge in [-0.05, 0) is 12.8 Å². The first kappa shape index (κ1) is 27.5. The zero-order chi connectivity index (χ0) is 21.2. The molecule has 0 aromatic rings. The number of ketones is 1. The van der Waals surface area contributed by atoms with Crippen molar-refractivity contribution in [2.24, 2.45) is 0 Å². The van der Waals surface area contributed by atoms with Gasteiger partial charge in [-0.15, -0.1) is 0 Å². The van der Waals surface area contributed by atoms with Crippen LogP contribution in [0.15, 0.2) is 0 Å². The molecule has 0 aliphatic rings. The smallest absolute Gasteiger partial charge is 0.164 e. The minimum Gasteiger partial charge on any atom is -0.394 e. The minimum atomic E-state index is -1.80. The van der Waals surface area contributed by atoms with E-state index in [2.05, 4.69) is 13.3 Å². The third-order valence-corrected chi connectivity index (χ3v) is 5.18. The van der Waals surface area contributed by atoms with Crippen molar-refractivity contribution < 1.29 is 30.3 Å². The molecule has 0 saturated heterocycles. The molecule has 0 bridgehead atoms. The Bertz CT molecular complexity index is 363. The van der Waals surface area contributed by atoms with Crippen LogP contribution in [0.4, 0.5) is 0 Å². The Morgan fingerprint density at radius 1 is 0.750 bits per heavy atom. The highest BCUT2D eigenvalue weighted by atomic mass is 16.4. The maximum Gasteiger partial charge on any atom is 0.164 e. The summed E-state index contributed by atoms with van der Waals surface area (Å²) in [6.07, 6.45) is 10.8. The lowest BCUT2D eigenvalue weighted by Gasteiger charge is -2.24. The monoisotopic (exact) mass is 403 g/mol. The molecule has 6 nitrogen and oxygen atoms in total. The largest absolute Gasteiger partial charge is 0.394 e. The van der Waals surface area contributed by atoms with Crippen LogP contribution in [0.3, 0.4) is 0 Å². The lowest BCUT2D eigenvalue weighted by molar-refractivity contribution is -0.147. The summed E-state index contributed by atoms with van der Waals surface area (Å²) in [6, 6.07) is 0. The number of carbonyl (C=O) groups excluding carboxylic acids is 1. The third-order valence-electron chi connectivity index (χ3n) is 5.18. The minimum absolute atomic E-state index is 0.123. The second-order valence-electron chi connectivity index (χ2n) is 7.79. The summed E-state index contributed by atoms with van der Waals surface area (Å²) in [5.41, 5.74) is 0. The number of Topliss-reactive ketones (excluding diaryl/α,β-unsaturated/α-hetero) is 1. The van der Waals surface area contributed by atoms with E-state index in [1.165, 1.54) is 51.4 Å². The van der Waals surface area contributed by atoms with E-state index in [0.717, 1.165) is 25.7 Å². The van der Waals surface area contributed by atoms with Gasteiger partial charge in [0.25, 0.3) is 0 Å². The summed E-state index contributed by atoms with van der Waals surface area (Å²) in [5, 5.41) is 46.9. The second-order valence-corrected chi connectivity index (χ2v) is 7.79. The molecule has 0 aliphatic heterocycles. The normalized spacial score (nSPS) is 15.9. The first-order valence-corrected chi connectivity index (χ1v) is 11.1. The summed E-state index contributed by atoms with van der Waals surface area (Å²) in [7, 11) is 0. The highest BCUT2D eigenvalue weighted by molar-refractivity contribution is 5.83. The zero-order valence-corrected chi connectivity index (χ0v) is 17.6. The van der Waals surface area contributed by atoms with Crippen LogP contribution >= 0.6 is 0 Å². The van der Waals surface area contributed by atoms with Gasteiger partial charge in [-0.3, -0.25) is 4.79 Å². The molecule has 0 unspecified atom stereocenters. The van der Waals surface area contributed by atoms with Crippen LogP contribution in [-0.4, -0.2) is 62.3 Å². The Morgan fingerprint density at radius 3 is 1.79 bits per heavy atom. The lowest BCUT2D eigenvalue weighted by atomic mass is 9.97. The number of aliphatic hydroxyl groups is 5. The molecule has 4 atom stereocenters. The molecule has 0 fully saturated rings. The maximum absolute atomic E-state index is 11.8. The summed E-state index contributed by atoms with van der Waals surface area (Å²) in [5.74, 6) is -0.556. The van der Waals surface area contributed by atoms with Crippen molar-refractivity contribution in [3.63, 3.8) is 0 Å². The summed E-state index contributed by atoms with van der Waals surface area (Å²) in [4.78, 5) is 11.8. The standard InChI is InChI=1S/C22H43O6/c1-2-3-4-5-6-7-8-9-10-11-12-13-14-15-16-18(24)20(26)22(28)21(27)19(25)17-23/h11,19-23,25-28H,2-10,12-17H2,1H3/t19-,20+,21-,22-/m1/s1. The molecule has 28 heavy (non-hydrogen) atoms. The number of hydrogen-bond donors (Lipinski definition) is 5. The van der Waals surface area contributed by atoms with Gasteiger partial charge in [-0.1, -0.05) is 84.0 Å². The first-order valence-electron chi connectivity index (χ1n) is 11.1. The van der Waals surface area contributed by atoms with Gasteiger partial charge in [-0.2, -0.15) is 0 Å². The highest BCUT2D eigenvalue weighted by Gasteiger charge is 2.33. The van der Waals surface area contributed by atoms with Crippen molar-refractivity contribution in [3.8, 4) is 0 Å². The molecule has 0 rings (SSSR count). The number of carbonyl (C=O) groups is 1. The van der Waals surface area contributed by atoms with Gasteiger partial charge in [0.1, 0.15) is 24.4 Å². The van der Waals surface area contributed by atoms with E-state index in [4.69, 9.17) is 5.11 Å². The third kappa shape index (κ3) is 13.6. The van der Waals surface area contributed by atoms with Crippen LogP contribution in [0, 0.1) is 6.42 Å². The van der Waals surface area contributed by atoms with E-state index in [1.54, 1.807) is 0 Å². The predicted molar refractivity (Wildman–Crippen MR) is 111 cm³/mol. The fraction of sp³-hybridized carbons (Fsp3) is 0.909. The van der Waals surface area contributed by atoms with Gasteiger partial charge in [0.15, 0.2) is 5.78 Å². The van der Waals surface area contributed by atoms with Crippen molar-refractivity contribution in [1.82, 2.24) is 0 Å². The molecule has 167 valence electrons. The first-order chi connectivity index (χ1) is 13.5. The van der Waals surface area contributed by atoms with Crippen molar-refractivity contribution in [2.45, 2.75) is 121 Å². The van der Waals surface area contributed by atoms with Crippen LogP contribution < -0.4 is 0 Å². The SMILES string of the molecule is CCCCCCCCCC[CH]CCCCCC(=O)[C@H](O)[C@@H](O)[C@H](O)[C@H](O)CO. The van der Waals surface area contributed by atoms with E-state index in [0.29, 0.717) is 6.42 Å². The Hall–Kier alpha value is -0.530. The fourth-order valence-electron chi connectivity index (χ4n) is 3.19. The molecular weight excluding hydrogens is 360 g/mol. The zero-order valence-electron chi connectivity index (χ0n) is 17.6. The van der Waals surface area contributed by atoms with Gasteiger partial charge in [0.05, 0.1) is 6.61 Å². The average molecular weight is 404 g/mol. The summed E-state index contributed by atoms with van der Waals surface area (Å²) >= 11 is 0. The van der Waals surface area contributed by atoms with Crippen LogP contribution in [0.25, 0.3) is 0 Å². The number of rotatable bonds is 20. The molecule has 0 aromatic carbocycles. The van der Waals surface area contributed by atoms with E-state index in [-0.39, 0.29) is 6.42 Å². The Morgan fingerprint density at radius 2 is 1.25 bits per heavy atom. The van der Waals surface area contributed by atoms with E-state index in [1.807, 2.05) is 0 Å². The van der Waals surface area contributed by atoms with Gasteiger partial charge in [0.2, 0.25) is 0 Å². The Balaban J connectivity index is 3.54. The van der Waals surface area contributed by atoms with E-state index in [9.17, 15) is 25.2 Å². The molecule has 5 N–H and O–H groups in total. The van der Waals surface area contributed by atoms with Gasteiger partial charge in [-0.25, -0.2) is 0 Å². The van der Waals surface area contributed by atoms with Crippen LogP contribution in [0.1, 0.15) is 96.8 Å². The van der Waals surface area contributed by atoms with Crippen LogP contribution in [0.5, 0.6) is 0 Å². The van der Waals surface area contributed by atoms with E-state index < -0.39 is 36.8 Å². The van der Waals surface area contributed by atoms with Crippen LogP contribution in [0.2, 0.25) is 0 Å². The number of unbranched alkanes of at least 4 members (excludes halogenated alkanes) is 13. The van der Waals surface area contributed by atoms with Crippen molar-refractivity contribution in [3.05, 3.63) is 6.42 Å². The van der Waals surface area contributed by atoms with Crippen molar-refractivity contribution in [2.75, 3.05) is 6.61 Å². The molecular formula is C22H43O6. The molecule has 0 aliphatic carbocycles. The Kier molecular flexibility index (Phi) is 18.1. The molecule has 0 amide bonds. The van der Waals surface area contributed by atoms with Gasteiger partial charge < -0.3 is 25.5 Å². The number of aliphatic hydroxyl groups excluding tert-OH is 5. The molecule has 0 spiro atoms. The second kappa shape index (κ2) is 18.5.